The Bertz CT molecular complexity index is 76.5. The summed E-state index contributed by atoms with van der Waals surface area (Å²) in [5.74, 6) is -0.264. The topological polar surface area (TPSA) is 34.1 Å². The summed E-state index contributed by atoms with van der Waals surface area (Å²) in [6, 6.07) is 0. The van der Waals surface area contributed by atoms with Gasteiger partial charge in [-0.3, -0.25) is 0 Å². The van der Waals surface area contributed by atoms with Crippen molar-refractivity contribution < 1.29 is 9.59 Å². The van der Waals surface area contributed by atoms with Gasteiger partial charge in [0, 0.05) is 11.8 Å². The van der Waals surface area contributed by atoms with Crippen molar-refractivity contribution in [3.8, 4) is 0 Å². The number of aldehydes is 2. The minimum Gasteiger partial charge on any atom is -0.303 e. The highest BCUT2D eigenvalue weighted by molar-refractivity contribution is 5.63. The molecule has 8 heavy (non-hydrogen) atoms. The lowest BCUT2D eigenvalue weighted by molar-refractivity contribution is -0.118. The van der Waals surface area contributed by atoms with E-state index in [-0.39, 0.29) is 11.8 Å². The van der Waals surface area contributed by atoms with Gasteiger partial charge >= 0.3 is 0 Å². The van der Waals surface area contributed by atoms with Crippen molar-refractivity contribution in [1.29, 1.82) is 0 Å². The summed E-state index contributed by atoms with van der Waals surface area (Å²) in [7, 11) is 0. The minimum atomic E-state index is -0.132. The molecule has 0 rings (SSSR count). The van der Waals surface area contributed by atoms with Crippen LogP contribution >= 0.6 is 0 Å². The maximum absolute atomic E-state index is 9.95. The van der Waals surface area contributed by atoms with Crippen molar-refractivity contribution in [3.05, 3.63) is 0 Å². The predicted octanol–water partition coefficient (Wildman–Crippen LogP) is 0.656. The lowest BCUT2D eigenvalue weighted by Gasteiger charge is -2.02. The average molecular weight is 114 g/mol. The third-order valence-corrected chi connectivity index (χ3v) is 1.26. The Morgan fingerprint density at radius 2 is 1.25 bits per heavy atom. The lowest BCUT2D eigenvalue weighted by Crippen LogP contribution is -2.09. The van der Waals surface area contributed by atoms with Crippen LogP contribution in [0.2, 0.25) is 0 Å². The van der Waals surface area contributed by atoms with E-state index < -0.39 is 0 Å². The molecule has 0 saturated carbocycles. The van der Waals surface area contributed by atoms with Crippen LogP contribution in [0.3, 0.4) is 0 Å². The van der Waals surface area contributed by atoms with E-state index in [1.807, 2.05) is 0 Å². The molecule has 0 aromatic rings. The Morgan fingerprint density at radius 1 is 1.00 bits per heavy atom. The van der Waals surface area contributed by atoms with Gasteiger partial charge in [-0.15, -0.1) is 0 Å². The van der Waals surface area contributed by atoms with E-state index in [4.69, 9.17) is 0 Å². The fourth-order valence-corrected chi connectivity index (χ4v) is 0.248. The number of rotatable bonds is 3. The summed E-state index contributed by atoms with van der Waals surface area (Å²) in [6.45, 7) is 3.46. The zero-order valence-corrected chi connectivity index (χ0v) is 5.13. The molecule has 2 heteroatoms. The summed E-state index contributed by atoms with van der Waals surface area (Å²) in [5, 5.41) is 0. The zero-order valence-electron chi connectivity index (χ0n) is 5.13. The smallest absolute Gasteiger partial charge is 0.123 e. The van der Waals surface area contributed by atoms with Gasteiger partial charge in [0.2, 0.25) is 0 Å². The molecule has 2 nitrogen and oxygen atoms in total. The van der Waals surface area contributed by atoms with Crippen molar-refractivity contribution in [2.75, 3.05) is 0 Å². The summed E-state index contributed by atoms with van der Waals surface area (Å²) in [5.41, 5.74) is 0. The van der Waals surface area contributed by atoms with Gasteiger partial charge in [-0.2, -0.15) is 0 Å². The van der Waals surface area contributed by atoms with Gasteiger partial charge in [-0.05, 0) is 0 Å². The van der Waals surface area contributed by atoms with Gasteiger partial charge < -0.3 is 9.59 Å². The zero-order chi connectivity index (χ0) is 6.57. The predicted molar refractivity (Wildman–Crippen MR) is 30.5 cm³/mol. The molecule has 0 aromatic carbocycles. The molecular weight excluding hydrogens is 104 g/mol. The van der Waals surface area contributed by atoms with E-state index in [0.717, 1.165) is 12.6 Å². The molecule has 0 aliphatic carbocycles. The van der Waals surface area contributed by atoms with Gasteiger partial charge in [0.15, 0.2) is 0 Å². The molecular formula is C6H10O2. The first kappa shape index (κ1) is 7.34. The van der Waals surface area contributed by atoms with Gasteiger partial charge in [0.25, 0.3) is 0 Å². The molecule has 0 radical (unpaired) electrons. The largest absolute Gasteiger partial charge is 0.303 e. The monoisotopic (exact) mass is 114 g/mol. The third kappa shape index (κ3) is 1.87. The summed E-state index contributed by atoms with van der Waals surface area (Å²) >= 11 is 0. The molecule has 0 saturated heterocycles. The van der Waals surface area contributed by atoms with Gasteiger partial charge in [0.1, 0.15) is 12.6 Å². The van der Waals surface area contributed by atoms with Crippen molar-refractivity contribution in [1.82, 2.24) is 0 Å². The lowest BCUT2D eigenvalue weighted by atomic mass is 10.00. The standard InChI is InChI=1S/C6H10O2/c1-5(3-7)6(2)4-8/h3-6H,1-2H3. The maximum atomic E-state index is 9.95. The van der Waals surface area contributed by atoms with Crippen LogP contribution in [0.5, 0.6) is 0 Å². The van der Waals surface area contributed by atoms with Crippen LogP contribution in [-0.2, 0) is 9.59 Å². The molecule has 0 aliphatic heterocycles. The molecule has 2 atom stereocenters. The molecule has 2 unspecified atom stereocenters. The Labute approximate surface area is 48.9 Å². The van der Waals surface area contributed by atoms with Crippen molar-refractivity contribution in [2.45, 2.75) is 13.8 Å². The van der Waals surface area contributed by atoms with E-state index >= 15 is 0 Å². The fourth-order valence-electron chi connectivity index (χ4n) is 0.248. The van der Waals surface area contributed by atoms with E-state index in [1.54, 1.807) is 13.8 Å². The van der Waals surface area contributed by atoms with Crippen molar-refractivity contribution in [2.24, 2.45) is 11.8 Å². The molecule has 0 N–H and O–H groups in total. The van der Waals surface area contributed by atoms with Crippen LogP contribution < -0.4 is 0 Å². The molecule has 0 spiro atoms. The van der Waals surface area contributed by atoms with Crippen LogP contribution in [0, 0.1) is 11.8 Å². The van der Waals surface area contributed by atoms with Crippen molar-refractivity contribution >= 4 is 12.6 Å². The normalized spacial score (nSPS) is 16.8. The molecule has 46 valence electrons. The first-order valence-electron chi connectivity index (χ1n) is 2.63. The number of carbonyl (C=O) groups is 2. The maximum Gasteiger partial charge on any atom is 0.123 e. The van der Waals surface area contributed by atoms with Gasteiger partial charge in [-0.25, -0.2) is 0 Å². The number of hydrogen-bond acceptors (Lipinski definition) is 2. The number of hydrogen-bond donors (Lipinski definition) is 0. The van der Waals surface area contributed by atoms with Crippen molar-refractivity contribution in [3.63, 3.8) is 0 Å². The molecule has 0 aromatic heterocycles. The molecule has 0 aliphatic rings. The van der Waals surface area contributed by atoms with E-state index in [9.17, 15) is 9.59 Å². The third-order valence-electron chi connectivity index (χ3n) is 1.26. The second-order valence-electron chi connectivity index (χ2n) is 1.99. The second kappa shape index (κ2) is 3.36. The Morgan fingerprint density at radius 3 is 1.38 bits per heavy atom. The van der Waals surface area contributed by atoms with Crippen LogP contribution in [0.4, 0.5) is 0 Å². The first-order valence-corrected chi connectivity index (χ1v) is 2.63. The summed E-state index contributed by atoms with van der Waals surface area (Å²) < 4.78 is 0. The number of carbonyl (C=O) groups excluding carboxylic acids is 2. The minimum absolute atomic E-state index is 0.132. The van der Waals surface area contributed by atoms with E-state index in [1.165, 1.54) is 0 Å². The Hall–Kier alpha value is -0.660. The highest BCUT2D eigenvalue weighted by Gasteiger charge is 2.07. The van der Waals surface area contributed by atoms with Gasteiger partial charge in [-0.1, -0.05) is 13.8 Å². The highest BCUT2D eigenvalue weighted by atomic mass is 16.1. The highest BCUT2D eigenvalue weighted by Crippen LogP contribution is 2.02. The van der Waals surface area contributed by atoms with E-state index in [0.29, 0.717) is 0 Å². The average Bonchev–Trinajstić information content (AvgIpc) is 1.84. The van der Waals surface area contributed by atoms with Gasteiger partial charge in [0.05, 0.1) is 0 Å². The first-order chi connectivity index (χ1) is 3.72. The Kier molecular flexibility index (Phi) is 3.08. The quantitative estimate of drug-likeness (QED) is 0.505. The summed E-state index contributed by atoms with van der Waals surface area (Å²) in [4.78, 5) is 19.9. The molecule has 0 fully saturated rings. The molecule has 0 amide bonds. The van der Waals surface area contributed by atoms with Crippen LogP contribution in [0.25, 0.3) is 0 Å². The second-order valence-corrected chi connectivity index (χ2v) is 1.99. The van der Waals surface area contributed by atoms with Crippen LogP contribution in [0.1, 0.15) is 13.8 Å². The Balaban J connectivity index is 3.60. The molecule has 0 heterocycles. The van der Waals surface area contributed by atoms with Crippen LogP contribution in [0.15, 0.2) is 0 Å². The van der Waals surface area contributed by atoms with E-state index in [2.05, 4.69) is 0 Å². The molecule has 0 bridgehead atoms. The SMILES string of the molecule is CC(C=O)C(C)C=O. The van der Waals surface area contributed by atoms with Crippen LogP contribution in [-0.4, -0.2) is 12.6 Å². The summed E-state index contributed by atoms with van der Waals surface area (Å²) in [6.07, 6.45) is 1.58. The fraction of sp³-hybridized carbons (Fsp3) is 0.667.